The number of benzene rings is 1. The van der Waals surface area contributed by atoms with E-state index in [1.165, 1.54) is 0 Å². The van der Waals surface area contributed by atoms with Crippen molar-refractivity contribution in [2.75, 3.05) is 0 Å². The van der Waals surface area contributed by atoms with Crippen LogP contribution in [0.5, 0.6) is 5.75 Å². The van der Waals surface area contributed by atoms with Gasteiger partial charge in [-0.3, -0.25) is 0 Å². The van der Waals surface area contributed by atoms with Crippen LogP contribution in [-0.2, 0) is 0 Å². The molecule has 0 aromatic heterocycles. The second-order valence-corrected chi connectivity index (χ2v) is 6.72. The minimum atomic E-state index is 0.145. The number of hydrogen-bond acceptors (Lipinski definition) is 1. The molecule has 1 nitrogen and oxygen atoms in total. The van der Waals surface area contributed by atoms with Gasteiger partial charge in [0.2, 0.25) is 0 Å². The summed E-state index contributed by atoms with van der Waals surface area (Å²) in [7, 11) is 0. The van der Waals surface area contributed by atoms with E-state index in [4.69, 9.17) is 4.74 Å². The van der Waals surface area contributed by atoms with Crippen molar-refractivity contribution in [2.24, 2.45) is 5.41 Å². The molecule has 32 heavy (non-hydrogen) atoms. The summed E-state index contributed by atoms with van der Waals surface area (Å²) in [5.74, 6) is 44.0. The molecule has 0 aliphatic rings. The maximum Gasteiger partial charge on any atom is 0.140 e. The Morgan fingerprint density at radius 1 is 0.594 bits per heavy atom. The molecule has 0 aliphatic carbocycles. The Balaban J connectivity index is 2.46. The first kappa shape index (κ1) is 24.8. The lowest BCUT2D eigenvalue weighted by molar-refractivity contribution is 0.520. The number of allylic oxidation sites excluding steroid dienone is 1. The van der Waals surface area contributed by atoms with Gasteiger partial charge in [0, 0.05) is 47.4 Å². The molecule has 0 unspecified atom stereocenters. The summed E-state index contributed by atoms with van der Waals surface area (Å²) in [6.07, 6.45) is 6.76. The third kappa shape index (κ3) is 14.8. The quantitative estimate of drug-likeness (QED) is 0.671. The molecule has 0 spiro atoms. The molecule has 0 atom stereocenters. The lowest BCUT2D eigenvalue weighted by Gasteiger charge is -2.10. The fraction of sp³-hybridized carbons (Fsp3) is 0.161. The standard InChI is InChI=1S/C31H18O/c1-5-6-7-8-9-10-11-12-13-14-15-16-17-18-19-20-21-28-32-30-24-22-29(23-25-30)26-27-31(2,3)4/h22-27H,1-4H3/b27-26+. The zero-order valence-corrected chi connectivity index (χ0v) is 18.4. The van der Waals surface area contributed by atoms with Crippen LogP contribution >= 0.6 is 0 Å². The molecule has 0 bridgehead atoms. The third-order valence-corrected chi connectivity index (χ3v) is 2.94. The molecule has 1 aromatic rings. The zero-order chi connectivity index (χ0) is 23.3. The second-order valence-electron chi connectivity index (χ2n) is 6.72. The van der Waals surface area contributed by atoms with Crippen molar-refractivity contribution in [3.8, 4) is 113 Å². The summed E-state index contributed by atoms with van der Waals surface area (Å²) in [6.45, 7) is 8.16. The predicted octanol–water partition coefficient (Wildman–Crippen LogP) is 4.13. The highest BCUT2D eigenvalue weighted by molar-refractivity contribution is 5.51. The Morgan fingerprint density at radius 3 is 1.41 bits per heavy atom. The maximum absolute atomic E-state index is 5.31. The maximum atomic E-state index is 5.31. The molecule has 0 amide bonds. The van der Waals surface area contributed by atoms with E-state index in [-0.39, 0.29) is 5.41 Å². The molecular formula is C31H18O. The van der Waals surface area contributed by atoms with Gasteiger partial charge in [0.05, 0.1) is 0 Å². The molecule has 1 aromatic carbocycles. The van der Waals surface area contributed by atoms with Crippen LogP contribution in [0.3, 0.4) is 0 Å². The van der Waals surface area contributed by atoms with Crippen molar-refractivity contribution in [1.29, 1.82) is 0 Å². The van der Waals surface area contributed by atoms with E-state index in [9.17, 15) is 0 Å². The van der Waals surface area contributed by atoms with Crippen molar-refractivity contribution < 1.29 is 4.74 Å². The van der Waals surface area contributed by atoms with Gasteiger partial charge in [-0.15, -0.1) is 0 Å². The molecule has 1 rings (SSSR count). The average molecular weight is 406 g/mol. The van der Waals surface area contributed by atoms with E-state index < -0.39 is 0 Å². The van der Waals surface area contributed by atoms with Crippen LogP contribution in [0.25, 0.3) is 6.08 Å². The summed E-state index contributed by atoms with van der Waals surface area (Å²) in [4.78, 5) is 0. The van der Waals surface area contributed by atoms with Crippen LogP contribution in [0.2, 0.25) is 0 Å². The Kier molecular flexibility index (Phi) is 12.2. The van der Waals surface area contributed by atoms with Crippen molar-refractivity contribution in [1.82, 2.24) is 0 Å². The van der Waals surface area contributed by atoms with Gasteiger partial charge in [0.25, 0.3) is 0 Å². The van der Waals surface area contributed by atoms with Crippen LogP contribution < -0.4 is 4.74 Å². The fourth-order valence-corrected chi connectivity index (χ4v) is 1.60. The van der Waals surface area contributed by atoms with Crippen LogP contribution in [0.15, 0.2) is 30.3 Å². The summed E-state index contributed by atoms with van der Waals surface area (Å²) >= 11 is 0. The fourth-order valence-electron chi connectivity index (χ4n) is 1.60. The summed E-state index contributed by atoms with van der Waals surface area (Å²) in [5, 5.41) is 0. The first-order valence-corrected chi connectivity index (χ1v) is 9.39. The van der Waals surface area contributed by atoms with E-state index >= 15 is 0 Å². The Bertz CT molecular complexity index is 1400. The van der Waals surface area contributed by atoms with Crippen LogP contribution in [0.1, 0.15) is 33.3 Å². The van der Waals surface area contributed by atoms with Gasteiger partial charge in [-0.25, -0.2) is 0 Å². The molecule has 1 heteroatoms. The first-order valence-electron chi connectivity index (χ1n) is 9.39. The van der Waals surface area contributed by atoms with Crippen molar-refractivity contribution in [3.63, 3.8) is 0 Å². The molecule has 148 valence electrons. The summed E-state index contributed by atoms with van der Waals surface area (Å²) in [5.41, 5.74) is 1.25. The molecule has 0 radical (unpaired) electrons. The van der Waals surface area contributed by atoms with E-state index in [0.29, 0.717) is 5.75 Å². The number of hydrogen-bond donors (Lipinski definition) is 0. The van der Waals surface area contributed by atoms with Crippen molar-refractivity contribution in [3.05, 3.63) is 35.9 Å². The third-order valence-electron chi connectivity index (χ3n) is 2.94. The molecule has 0 saturated carbocycles. The molecule has 0 fully saturated rings. The highest BCUT2D eigenvalue weighted by Gasteiger charge is 2.03. The van der Waals surface area contributed by atoms with E-state index in [2.05, 4.69) is 140 Å². The second kappa shape index (κ2) is 15.7. The topological polar surface area (TPSA) is 9.23 Å². The summed E-state index contributed by atoms with van der Waals surface area (Å²) < 4.78 is 5.31. The van der Waals surface area contributed by atoms with Gasteiger partial charge in [-0.2, -0.15) is 0 Å². The van der Waals surface area contributed by atoms with Crippen LogP contribution in [0, 0.1) is 112 Å². The number of ether oxygens (including phenoxy) is 1. The van der Waals surface area contributed by atoms with Crippen molar-refractivity contribution >= 4 is 6.08 Å². The van der Waals surface area contributed by atoms with E-state index in [1.807, 2.05) is 24.3 Å². The molecule has 0 saturated heterocycles. The summed E-state index contributed by atoms with van der Waals surface area (Å²) in [6, 6.07) is 7.65. The average Bonchev–Trinajstić information content (AvgIpc) is 2.77. The predicted molar refractivity (Wildman–Crippen MR) is 131 cm³/mol. The highest BCUT2D eigenvalue weighted by Crippen LogP contribution is 2.18. The SMILES string of the molecule is CC#CC#CC#CC#CC#CC#CC#CC#CC#COc1ccc(/C=C/C(C)(C)C)cc1. The molecular weight excluding hydrogens is 388 g/mol. The van der Waals surface area contributed by atoms with Crippen molar-refractivity contribution in [2.45, 2.75) is 27.7 Å². The van der Waals surface area contributed by atoms with Crippen LogP contribution in [0.4, 0.5) is 0 Å². The van der Waals surface area contributed by atoms with Crippen LogP contribution in [-0.4, -0.2) is 0 Å². The Hall–Kier alpha value is -5.20. The number of rotatable bonds is 2. The Morgan fingerprint density at radius 2 is 1.00 bits per heavy atom. The lowest BCUT2D eigenvalue weighted by Crippen LogP contribution is -1.97. The monoisotopic (exact) mass is 406 g/mol. The largest absolute Gasteiger partial charge is 0.407 e. The molecule has 0 heterocycles. The van der Waals surface area contributed by atoms with E-state index in [1.54, 1.807) is 6.92 Å². The van der Waals surface area contributed by atoms with Gasteiger partial charge < -0.3 is 4.74 Å². The minimum absolute atomic E-state index is 0.145. The highest BCUT2D eigenvalue weighted by atomic mass is 16.5. The smallest absolute Gasteiger partial charge is 0.140 e. The molecule has 0 N–H and O–H groups in total. The minimum Gasteiger partial charge on any atom is -0.407 e. The first-order chi connectivity index (χ1) is 15.5. The van der Waals surface area contributed by atoms with Gasteiger partial charge in [-0.1, -0.05) is 51.0 Å². The van der Waals surface area contributed by atoms with E-state index in [0.717, 1.165) is 5.56 Å². The van der Waals surface area contributed by atoms with Gasteiger partial charge in [0.15, 0.2) is 0 Å². The molecule has 0 aliphatic heterocycles. The lowest BCUT2D eigenvalue weighted by atomic mass is 9.95. The normalized spacial score (nSPS) is 7.50. The zero-order valence-electron chi connectivity index (χ0n) is 18.4. The Labute approximate surface area is 192 Å². The van der Waals surface area contributed by atoms with Gasteiger partial charge in [0.1, 0.15) is 11.9 Å². The van der Waals surface area contributed by atoms with Gasteiger partial charge in [-0.05, 0) is 77.4 Å². The van der Waals surface area contributed by atoms with Gasteiger partial charge >= 0.3 is 0 Å².